The maximum absolute atomic E-state index is 12.1. The largest absolute Gasteiger partial charge is 0.355 e. The van der Waals surface area contributed by atoms with E-state index in [0.29, 0.717) is 24.9 Å². The summed E-state index contributed by atoms with van der Waals surface area (Å²) in [5.41, 5.74) is 1.90. The summed E-state index contributed by atoms with van der Waals surface area (Å²) in [5, 5.41) is 7.72. The molecule has 1 heterocycles. The van der Waals surface area contributed by atoms with Crippen molar-refractivity contribution in [1.82, 2.24) is 20.0 Å². The lowest BCUT2D eigenvalue weighted by Crippen LogP contribution is -2.33. The Bertz CT molecular complexity index is 953. The molecule has 3 rings (SSSR count). The number of likely N-dealkylation sites (N-methyl/N-ethyl adjacent to an activating group) is 1. The van der Waals surface area contributed by atoms with E-state index in [9.17, 15) is 9.59 Å². The topological polar surface area (TPSA) is 67.2 Å². The molecule has 0 spiro atoms. The number of carbonyl (C=O) groups excluding carboxylic acids is 1. The third kappa shape index (κ3) is 5.24. The average molecular weight is 364 g/mol. The Hall–Kier alpha value is -2.99. The lowest BCUT2D eigenvalue weighted by atomic mass is 10.2. The van der Waals surface area contributed by atoms with E-state index in [1.807, 2.05) is 43.4 Å². The molecule has 6 nitrogen and oxygen atoms in total. The second-order valence-electron chi connectivity index (χ2n) is 6.57. The van der Waals surface area contributed by atoms with Crippen molar-refractivity contribution in [2.45, 2.75) is 19.5 Å². The molecule has 0 saturated heterocycles. The van der Waals surface area contributed by atoms with Crippen LogP contribution in [0.1, 0.15) is 12.0 Å². The van der Waals surface area contributed by atoms with Crippen LogP contribution in [0.3, 0.4) is 0 Å². The van der Waals surface area contributed by atoms with E-state index in [4.69, 9.17) is 0 Å². The molecule has 1 N–H and O–H groups in total. The lowest BCUT2D eigenvalue weighted by molar-refractivity contribution is -0.121. The van der Waals surface area contributed by atoms with Crippen LogP contribution in [0.25, 0.3) is 10.9 Å². The van der Waals surface area contributed by atoms with Crippen molar-refractivity contribution in [3.8, 4) is 0 Å². The molecular formula is C21H24N4O2. The molecule has 6 heteroatoms. The van der Waals surface area contributed by atoms with Crippen molar-refractivity contribution in [3.63, 3.8) is 0 Å². The minimum absolute atomic E-state index is 0.0207. The number of hydrogen-bond donors (Lipinski definition) is 1. The Morgan fingerprint density at radius 3 is 2.67 bits per heavy atom. The molecule has 0 aliphatic rings. The quantitative estimate of drug-likeness (QED) is 0.664. The summed E-state index contributed by atoms with van der Waals surface area (Å²) in [6, 6.07) is 17.6. The predicted octanol–water partition coefficient (Wildman–Crippen LogP) is 2.03. The summed E-state index contributed by atoms with van der Waals surface area (Å²) in [4.78, 5) is 26.1. The van der Waals surface area contributed by atoms with Crippen LogP contribution in [0.2, 0.25) is 0 Å². The van der Waals surface area contributed by atoms with E-state index in [0.717, 1.165) is 18.6 Å². The fourth-order valence-corrected chi connectivity index (χ4v) is 3.00. The Morgan fingerprint density at radius 2 is 1.85 bits per heavy atom. The molecule has 0 aliphatic carbocycles. The Morgan fingerprint density at radius 1 is 1.11 bits per heavy atom. The van der Waals surface area contributed by atoms with Gasteiger partial charge in [-0.3, -0.25) is 14.3 Å². The zero-order valence-corrected chi connectivity index (χ0v) is 15.5. The molecule has 140 valence electrons. The number of nitrogens with zero attached hydrogens (tertiary/aromatic N) is 3. The van der Waals surface area contributed by atoms with Gasteiger partial charge in [0.1, 0.15) is 0 Å². The number of aromatic nitrogens is 2. The normalized spacial score (nSPS) is 11.0. The number of hydrogen-bond acceptors (Lipinski definition) is 4. The molecule has 0 fully saturated rings. The third-order valence-electron chi connectivity index (χ3n) is 4.42. The van der Waals surface area contributed by atoms with Crippen molar-refractivity contribution < 1.29 is 4.79 Å². The number of carbonyl (C=O) groups is 1. The minimum Gasteiger partial charge on any atom is -0.355 e. The van der Waals surface area contributed by atoms with Gasteiger partial charge >= 0.3 is 0 Å². The van der Waals surface area contributed by atoms with Crippen LogP contribution in [0, 0.1) is 0 Å². The van der Waals surface area contributed by atoms with Gasteiger partial charge in [0.15, 0.2) is 0 Å². The smallest absolute Gasteiger partial charge is 0.221 e. The van der Waals surface area contributed by atoms with Gasteiger partial charge in [-0.05, 0) is 24.7 Å². The number of aryl methyl sites for hydroxylation is 1. The molecule has 0 aliphatic heterocycles. The molecule has 0 unspecified atom stereocenters. The molecular weight excluding hydrogens is 340 g/mol. The monoisotopic (exact) mass is 364 g/mol. The molecule has 0 bridgehead atoms. The number of benzene rings is 2. The summed E-state index contributed by atoms with van der Waals surface area (Å²) in [7, 11) is 2.04. The molecule has 0 atom stereocenters. The maximum atomic E-state index is 12.1. The second-order valence-corrected chi connectivity index (χ2v) is 6.57. The van der Waals surface area contributed by atoms with Crippen LogP contribution >= 0.6 is 0 Å². The zero-order valence-electron chi connectivity index (χ0n) is 15.5. The van der Waals surface area contributed by atoms with Crippen LogP contribution in [0.15, 0.2) is 65.6 Å². The first kappa shape index (κ1) is 18.8. The van der Waals surface area contributed by atoms with Crippen molar-refractivity contribution in [1.29, 1.82) is 0 Å². The first-order valence-corrected chi connectivity index (χ1v) is 9.07. The first-order valence-electron chi connectivity index (χ1n) is 9.07. The SMILES string of the molecule is CN(CCNC(=O)CCn1ncc(=O)c2ccccc21)Cc1ccccc1. The van der Waals surface area contributed by atoms with Crippen molar-refractivity contribution >= 4 is 16.8 Å². The predicted molar refractivity (Wildman–Crippen MR) is 106 cm³/mol. The highest BCUT2D eigenvalue weighted by atomic mass is 16.1. The Balaban J connectivity index is 1.45. The highest BCUT2D eigenvalue weighted by Crippen LogP contribution is 2.08. The molecule has 27 heavy (non-hydrogen) atoms. The van der Waals surface area contributed by atoms with E-state index in [2.05, 4.69) is 27.4 Å². The lowest BCUT2D eigenvalue weighted by Gasteiger charge is -2.17. The van der Waals surface area contributed by atoms with Gasteiger partial charge in [-0.1, -0.05) is 42.5 Å². The molecule has 1 aromatic heterocycles. The van der Waals surface area contributed by atoms with E-state index >= 15 is 0 Å². The number of amides is 1. The average Bonchev–Trinajstić information content (AvgIpc) is 2.68. The van der Waals surface area contributed by atoms with Crippen molar-refractivity contribution in [2.75, 3.05) is 20.1 Å². The molecule has 0 saturated carbocycles. The second kappa shape index (κ2) is 9.09. The van der Waals surface area contributed by atoms with E-state index in [1.165, 1.54) is 11.8 Å². The van der Waals surface area contributed by atoms with Gasteiger partial charge in [0.25, 0.3) is 0 Å². The van der Waals surface area contributed by atoms with Gasteiger partial charge in [0.05, 0.1) is 18.3 Å². The van der Waals surface area contributed by atoms with E-state index in [-0.39, 0.29) is 11.3 Å². The molecule has 2 aromatic carbocycles. The summed E-state index contributed by atoms with van der Waals surface area (Å²) >= 11 is 0. The van der Waals surface area contributed by atoms with Gasteiger partial charge in [-0.25, -0.2) is 0 Å². The highest BCUT2D eigenvalue weighted by molar-refractivity contribution is 5.79. The van der Waals surface area contributed by atoms with Crippen molar-refractivity contribution in [2.24, 2.45) is 0 Å². The van der Waals surface area contributed by atoms with Gasteiger partial charge in [-0.15, -0.1) is 0 Å². The Kier molecular flexibility index (Phi) is 6.33. The third-order valence-corrected chi connectivity index (χ3v) is 4.42. The molecule has 3 aromatic rings. The fourth-order valence-electron chi connectivity index (χ4n) is 3.00. The first-order chi connectivity index (χ1) is 13.1. The summed E-state index contributed by atoms with van der Waals surface area (Å²) in [6.07, 6.45) is 1.63. The zero-order chi connectivity index (χ0) is 19.1. The molecule has 1 amide bonds. The van der Waals surface area contributed by atoms with Crippen LogP contribution < -0.4 is 10.7 Å². The number of fused-ring (bicyclic) bond motifs is 1. The van der Waals surface area contributed by atoms with Crippen LogP contribution in [-0.4, -0.2) is 40.7 Å². The summed E-state index contributed by atoms with van der Waals surface area (Å²) < 4.78 is 1.71. The van der Waals surface area contributed by atoms with Gasteiger partial charge < -0.3 is 10.2 Å². The van der Waals surface area contributed by atoms with E-state index < -0.39 is 0 Å². The highest BCUT2D eigenvalue weighted by Gasteiger charge is 2.07. The standard InChI is InChI=1S/C21H24N4O2/c1-24(16-17-7-3-2-4-8-17)14-12-22-21(27)11-13-25-19-10-6-5-9-18(19)20(26)15-23-25/h2-10,15H,11-14,16H2,1H3,(H,22,27). The summed E-state index contributed by atoms with van der Waals surface area (Å²) in [6.45, 7) is 2.66. The van der Waals surface area contributed by atoms with Gasteiger partial charge in [0, 0.05) is 31.4 Å². The Labute approximate surface area is 158 Å². The van der Waals surface area contributed by atoms with Crippen LogP contribution in [-0.2, 0) is 17.9 Å². The minimum atomic E-state index is -0.104. The summed E-state index contributed by atoms with van der Waals surface area (Å²) in [5.74, 6) is -0.0207. The number of nitrogens with one attached hydrogen (secondary N) is 1. The maximum Gasteiger partial charge on any atom is 0.221 e. The van der Waals surface area contributed by atoms with Crippen molar-refractivity contribution in [3.05, 3.63) is 76.6 Å². The number of para-hydroxylation sites is 1. The van der Waals surface area contributed by atoms with E-state index in [1.54, 1.807) is 10.7 Å². The fraction of sp³-hybridized carbons (Fsp3) is 0.286. The van der Waals surface area contributed by atoms with Crippen LogP contribution in [0.4, 0.5) is 0 Å². The number of rotatable bonds is 8. The van der Waals surface area contributed by atoms with Gasteiger partial charge in [-0.2, -0.15) is 5.10 Å². The van der Waals surface area contributed by atoms with Gasteiger partial charge in [0.2, 0.25) is 11.3 Å². The van der Waals surface area contributed by atoms with Crippen LogP contribution in [0.5, 0.6) is 0 Å². The molecule has 0 radical (unpaired) electrons.